The van der Waals surface area contributed by atoms with Crippen molar-refractivity contribution in [3.05, 3.63) is 58.1 Å². The van der Waals surface area contributed by atoms with Crippen LogP contribution in [0.5, 0.6) is 5.75 Å². The van der Waals surface area contributed by atoms with Gasteiger partial charge in [0.1, 0.15) is 5.25 Å². The molecule has 10 heteroatoms. The molecule has 1 atom stereocenters. The molecule has 1 saturated heterocycles. The standard InChI is InChI=1S/C19H16Cl2N4O3S/c1-28-17-13(20)7-11(8-14(17)21)10-22-25-19-24-18(27)15(29-19)9-16(26)23-12-5-3-2-4-6-12/h2-8,10,15H,9H2,1H3,(H,23,26)(H,24,25,27)/b22-10+. The SMILES string of the molecule is COc1c(Cl)cc(/C=N/N=C2\NC(=O)C(CC(=O)Nc3ccccc3)S2)cc1Cl. The molecule has 2 aromatic carbocycles. The zero-order valence-corrected chi connectivity index (χ0v) is 17.5. The Kier molecular flexibility index (Phi) is 7.13. The van der Waals surface area contributed by atoms with E-state index in [0.29, 0.717) is 32.2 Å². The molecule has 3 rings (SSSR count). The second-order valence-corrected chi connectivity index (χ2v) is 7.89. The largest absolute Gasteiger partial charge is 0.494 e. The molecule has 0 aromatic heterocycles. The molecule has 29 heavy (non-hydrogen) atoms. The van der Waals surface area contributed by atoms with Crippen molar-refractivity contribution in [2.75, 3.05) is 12.4 Å². The highest BCUT2D eigenvalue weighted by Gasteiger charge is 2.32. The van der Waals surface area contributed by atoms with Crippen molar-refractivity contribution in [2.45, 2.75) is 11.7 Å². The molecule has 7 nitrogen and oxygen atoms in total. The highest BCUT2D eigenvalue weighted by molar-refractivity contribution is 8.15. The van der Waals surface area contributed by atoms with E-state index in [9.17, 15) is 9.59 Å². The molecular weight excluding hydrogens is 435 g/mol. The minimum Gasteiger partial charge on any atom is -0.494 e. The number of hydrogen-bond donors (Lipinski definition) is 2. The van der Waals surface area contributed by atoms with E-state index in [-0.39, 0.29) is 18.2 Å². The van der Waals surface area contributed by atoms with Gasteiger partial charge in [0.2, 0.25) is 11.8 Å². The molecule has 0 aliphatic carbocycles. The Morgan fingerprint density at radius 2 is 1.97 bits per heavy atom. The smallest absolute Gasteiger partial charge is 0.240 e. The van der Waals surface area contributed by atoms with Gasteiger partial charge in [0, 0.05) is 12.1 Å². The molecule has 0 spiro atoms. The maximum Gasteiger partial charge on any atom is 0.240 e. The van der Waals surface area contributed by atoms with Crippen molar-refractivity contribution in [2.24, 2.45) is 10.2 Å². The summed E-state index contributed by atoms with van der Waals surface area (Å²) in [5.74, 6) is -0.161. The molecule has 1 aliphatic heterocycles. The number of carbonyl (C=O) groups excluding carboxylic acids is 2. The third-order valence-electron chi connectivity index (χ3n) is 3.78. The molecule has 150 valence electrons. The Bertz CT molecular complexity index is 960. The van der Waals surface area contributed by atoms with E-state index in [4.69, 9.17) is 27.9 Å². The van der Waals surface area contributed by atoms with Crippen molar-refractivity contribution in [1.29, 1.82) is 0 Å². The summed E-state index contributed by atoms with van der Waals surface area (Å²) in [6, 6.07) is 12.3. The highest BCUT2D eigenvalue weighted by atomic mass is 35.5. The lowest BCUT2D eigenvalue weighted by Crippen LogP contribution is -2.28. The van der Waals surface area contributed by atoms with Gasteiger partial charge < -0.3 is 15.4 Å². The summed E-state index contributed by atoms with van der Waals surface area (Å²) < 4.78 is 5.09. The Hall–Kier alpha value is -2.55. The van der Waals surface area contributed by atoms with Crippen LogP contribution in [0.4, 0.5) is 5.69 Å². The minimum atomic E-state index is -0.572. The summed E-state index contributed by atoms with van der Waals surface area (Å²) >= 11 is 13.3. The second-order valence-electron chi connectivity index (χ2n) is 5.88. The molecule has 0 saturated carbocycles. The summed E-state index contributed by atoms with van der Waals surface area (Å²) in [6.45, 7) is 0. The summed E-state index contributed by atoms with van der Waals surface area (Å²) in [5, 5.41) is 13.7. The van der Waals surface area contributed by atoms with E-state index in [2.05, 4.69) is 20.8 Å². The van der Waals surface area contributed by atoms with Gasteiger partial charge in [-0.05, 0) is 29.8 Å². The fraction of sp³-hybridized carbons (Fsp3) is 0.158. The summed E-state index contributed by atoms with van der Waals surface area (Å²) in [7, 11) is 1.48. The van der Waals surface area contributed by atoms with Crippen LogP contribution in [0.2, 0.25) is 10.0 Å². The molecule has 1 fully saturated rings. The number of ether oxygens (including phenoxy) is 1. The number of halogens is 2. The van der Waals surface area contributed by atoms with Gasteiger partial charge in [-0.15, -0.1) is 5.10 Å². The van der Waals surface area contributed by atoms with Crippen LogP contribution in [0, 0.1) is 0 Å². The van der Waals surface area contributed by atoms with Gasteiger partial charge in [0.15, 0.2) is 10.9 Å². The average molecular weight is 451 g/mol. The predicted octanol–water partition coefficient (Wildman–Crippen LogP) is 3.95. The monoisotopic (exact) mass is 450 g/mol. The van der Waals surface area contributed by atoms with Crippen LogP contribution in [-0.4, -0.2) is 35.6 Å². The number of thioether (sulfide) groups is 1. The topological polar surface area (TPSA) is 92.2 Å². The van der Waals surface area contributed by atoms with E-state index < -0.39 is 5.25 Å². The van der Waals surface area contributed by atoms with Gasteiger partial charge in [0.05, 0.1) is 23.4 Å². The van der Waals surface area contributed by atoms with Gasteiger partial charge in [-0.1, -0.05) is 53.2 Å². The van der Waals surface area contributed by atoms with Crippen LogP contribution < -0.4 is 15.4 Å². The molecule has 0 bridgehead atoms. The van der Waals surface area contributed by atoms with Crippen LogP contribution in [0.1, 0.15) is 12.0 Å². The first-order chi connectivity index (χ1) is 14.0. The molecule has 0 radical (unpaired) electrons. The summed E-state index contributed by atoms with van der Waals surface area (Å²) in [6.07, 6.45) is 1.48. The Labute approximate surface area is 181 Å². The first-order valence-electron chi connectivity index (χ1n) is 8.42. The number of nitrogens with zero attached hydrogens (tertiary/aromatic N) is 2. The molecule has 2 amide bonds. The Morgan fingerprint density at radius 1 is 1.28 bits per heavy atom. The first-order valence-corrected chi connectivity index (χ1v) is 10.1. The molecule has 1 heterocycles. The fourth-order valence-corrected chi connectivity index (χ4v) is 4.07. The molecule has 1 aliphatic rings. The lowest BCUT2D eigenvalue weighted by atomic mass is 10.2. The van der Waals surface area contributed by atoms with Crippen LogP contribution >= 0.6 is 35.0 Å². The number of amides is 2. The van der Waals surface area contributed by atoms with Crippen molar-refractivity contribution < 1.29 is 14.3 Å². The highest BCUT2D eigenvalue weighted by Crippen LogP contribution is 2.33. The number of anilines is 1. The van der Waals surface area contributed by atoms with Crippen molar-refractivity contribution >= 4 is 63.8 Å². The third-order valence-corrected chi connectivity index (χ3v) is 5.42. The van der Waals surface area contributed by atoms with Gasteiger partial charge in [-0.3, -0.25) is 9.59 Å². The first kappa shape index (κ1) is 21.2. The molecule has 1 unspecified atom stereocenters. The van der Waals surface area contributed by atoms with Crippen LogP contribution in [0.25, 0.3) is 0 Å². The number of amidine groups is 1. The lowest BCUT2D eigenvalue weighted by molar-refractivity contribution is -0.122. The Balaban J connectivity index is 1.59. The van der Waals surface area contributed by atoms with E-state index in [1.165, 1.54) is 13.3 Å². The van der Waals surface area contributed by atoms with Gasteiger partial charge in [-0.2, -0.15) is 5.10 Å². The van der Waals surface area contributed by atoms with E-state index >= 15 is 0 Å². The number of rotatable bonds is 6. The third kappa shape index (κ3) is 5.72. The number of hydrogen-bond acceptors (Lipinski definition) is 6. The van der Waals surface area contributed by atoms with Crippen molar-refractivity contribution in [3.8, 4) is 5.75 Å². The van der Waals surface area contributed by atoms with Crippen LogP contribution in [0.3, 0.4) is 0 Å². The number of nitrogens with one attached hydrogen (secondary N) is 2. The number of benzene rings is 2. The van der Waals surface area contributed by atoms with Gasteiger partial charge >= 0.3 is 0 Å². The number of methoxy groups -OCH3 is 1. The van der Waals surface area contributed by atoms with E-state index in [1.807, 2.05) is 18.2 Å². The average Bonchev–Trinajstić information content (AvgIpc) is 3.01. The zero-order chi connectivity index (χ0) is 20.8. The van der Waals surface area contributed by atoms with Crippen molar-refractivity contribution in [1.82, 2.24) is 5.32 Å². The molecule has 2 aromatic rings. The second kappa shape index (κ2) is 9.78. The normalized spacial score (nSPS) is 17.6. The van der Waals surface area contributed by atoms with Crippen LogP contribution in [0.15, 0.2) is 52.7 Å². The molecular formula is C19H16Cl2N4O3S. The van der Waals surface area contributed by atoms with E-state index in [0.717, 1.165) is 11.8 Å². The summed E-state index contributed by atoms with van der Waals surface area (Å²) in [5.41, 5.74) is 1.30. The maximum atomic E-state index is 12.1. The van der Waals surface area contributed by atoms with Crippen molar-refractivity contribution in [3.63, 3.8) is 0 Å². The zero-order valence-electron chi connectivity index (χ0n) is 15.2. The Morgan fingerprint density at radius 3 is 2.62 bits per heavy atom. The minimum absolute atomic E-state index is 0.0256. The molecule has 2 N–H and O–H groups in total. The quantitative estimate of drug-likeness (QED) is 0.514. The maximum absolute atomic E-state index is 12.1. The van der Waals surface area contributed by atoms with E-state index in [1.54, 1.807) is 24.3 Å². The van der Waals surface area contributed by atoms with Gasteiger partial charge in [-0.25, -0.2) is 0 Å². The number of carbonyl (C=O) groups is 2. The fourth-order valence-electron chi connectivity index (χ4n) is 2.49. The number of para-hydroxylation sites is 1. The summed E-state index contributed by atoms with van der Waals surface area (Å²) in [4.78, 5) is 24.2. The predicted molar refractivity (Wildman–Crippen MR) is 117 cm³/mol. The lowest BCUT2D eigenvalue weighted by Gasteiger charge is -2.06. The van der Waals surface area contributed by atoms with Crippen LogP contribution in [-0.2, 0) is 9.59 Å². The van der Waals surface area contributed by atoms with Gasteiger partial charge in [0.25, 0.3) is 0 Å².